The van der Waals surface area contributed by atoms with Gasteiger partial charge in [0, 0.05) is 20.1 Å². The van der Waals surface area contributed by atoms with Gasteiger partial charge in [0.25, 0.3) is 0 Å². The van der Waals surface area contributed by atoms with Crippen molar-refractivity contribution in [2.45, 2.75) is 50.5 Å². The molecule has 0 aliphatic carbocycles. The zero-order valence-corrected chi connectivity index (χ0v) is 23.0. The number of aryl methyl sites for hydroxylation is 1. The van der Waals surface area contributed by atoms with Crippen LogP contribution in [-0.4, -0.2) is 52.8 Å². The van der Waals surface area contributed by atoms with Crippen LogP contribution in [0.4, 0.5) is 18.0 Å². The maximum absolute atomic E-state index is 14.2. The van der Waals surface area contributed by atoms with Crippen molar-refractivity contribution in [3.05, 3.63) is 109 Å². The fraction of sp³-hybridized carbons (Fsp3) is 0.375. The minimum Gasteiger partial charge on any atom is -0.335 e. The van der Waals surface area contributed by atoms with Crippen LogP contribution in [0.2, 0.25) is 0 Å². The van der Waals surface area contributed by atoms with Crippen molar-refractivity contribution in [3.63, 3.8) is 0 Å². The van der Waals surface area contributed by atoms with Crippen LogP contribution in [0, 0.1) is 12.3 Å². The number of hydrogen-bond donors (Lipinski definition) is 0. The molecule has 0 saturated carbocycles. The van der Waals surface area contributed by atoms with Gasteiger partial charge in [0.2, 0.25) is 5.91 Å². The summed E-state index contributed by atoms with van der Waals surface area (Å²) in [4.78, 5) is 33.0. The molecule has 0 radical (unpaired) electrons. The van der Waals surface area contributed by atoms with E-state index in [1.54, 1.807) is 30.2 Å². The van der Waals surface area contributed by atoms with Crippen LogP contribution in [0.3, 0.4) is 0 Å². The third-order valence-corrected chi connectivity index (χ3v) is 8.32. The fourth-order valence-electron chi connectivity index (χ4n) is 6.39. The van der Waals surface area contributed by atoms with Gasteiger partial charge in [-0.25, -0.2) is 4.79 Å². The summed E-state index contributed by atoms with van der Waals surface area (Å²) in [6, 6.07) is 11.0. The molecule has 0 aromatic heterocycles. The number of carbonyl (C=O) groups excluding carboxylic acids is 2. The number of amides is 3. The summed E-state index contributed by atoms with van der Waals surface area (Å²) in [7, 11) is 1.58. The number of benzene rings is 2. The summed E-state index contributed by atoms with van der Waals surface area (Å²) in [5, 5.41) is 0. The number of piperazine rings is 1. The molecule has 2 heterocycles. The number of nitrogens with zero attached hydrogens (tertiary/aromatic N) is 3. The van der Waals surface area contributed by atoms with Gasteiger partial charge in [-0.1, -0.05) is 54.6 Å². The number of halogens is 3. The predicted molar refractivity (Wildman–Crippen MR) is 150 cm³/mol. The topological polar surface area (TPSA) is 43.9 Å². The first kappa shape index (κ1) is 29.2. The molecule has 2 aromatic rings. The van der Waals surface area contributed by atoms with Crippen LogP contribution >= 0.6 is 0 Å². The average molecular weight is 552 g/mol. The van der Waals surface area contributed by atoms with Gasteiger partial charge in [-0.3, -0.25) is 4.79 Å². The Labute approximate surface area is 234 Å². The molecule has 3 atom stereocenters. The molecule has 2 aromatic carbocycles. The number of likely N-dealkylation sites (N-methyl/N-ethyl adjacent to an activating group) is 1. The van der Waals surface area contributed by atoms with E-state index in [2.05, 4.69) is 19.7 Å². The standard InChI is InChI=1S/C32H36F3N3O2/c1-6-16-31(17-7-2)21-27-28(25-15-10-9-12-22(25)4)38(19-18-37(27)29(31)39)30(40)36(5)26(8-3)23-13-11-14-24(20-23)32(33,34)35/h6-15,20,26-28H,1-3,16-19,21H2,4-5H3/t26-,27+,28+/m1/s1. The van der Waals surface area contributed by atoms with E-state index in [1.165, 1.54) is 17.0 Å². The van der Waals surface area contributed by atoms with Gasteiger partial charge in [-0.15, -0.1) is 19.7 Å². The van der Waals surface area contributed by atoms with E-state index in [-0.39, 0.29) is 24.5 Å². The van der Waals surface area contributed by atoms with E-state index in [9.17, 15) is 22.8 Å². The summed E-state index contributed by atoms with van der Waals surface area (Å²) < 4.78 is 40.3. The SMILES string of the molecule is C=CCC1(CC=C)C[C@H]2[C@H](c3ccccc3C)N(C(=O)N(C)[C@H](C=C)c3cccc(C(F)(F)F)c3)CCN2C1=O. The zero-order valence-electron chi connectivity index (χ0n) is 23.0. The lowest BCUT2D eigenvalue weighted by molar-refractivity contribution is -0.139. The van der Waals surface area contributed by atoms with Crippen LogP contribution in [0.25, 0.3) is 0 Å². The van der Waals surface area contributed by atoms with Crippen molar-refractivity contribution < 1.29 is 22.8 Å². The molecule has 3 amide bonds. The lowest BCUT2D eigenvalue weighted by atomic mass is 9.76. The van der Waals surface area contributed by atoms with Gasteiger partial charge in [0.1, 0.15) is 0 Å². The summed E-state index contributed by atoms with van der Waals surface area (Å²) >= 11 is 0. The molecule has 5 nitrogen and oxygen atoms in total. The predicted octanol–water partition coefficient (Wildman–Crippen LogP) is 7.09. The second-order valence-corrected chi connectivity index (χ2v) is 10.7. The molecule has 2 aliphatic heterocycles. The van der Waals surface area contributed by atoms with Gasteiger partial charge in [0.15, 0.2) is 0 Å². The smallest absolute Gasteiger partial charge is 0.335 e. The van der Waals surface area contributed by atoms with E-state index >= 15 is 0 Å². The van der Waals surface area contributed by atoms with E-state index in [0.717, 1.165) is 23.3 Å². The fourth-order valence-corrected chi connectivity index (χ4v) is 6.39. The Morgan fingerprint density at radius 3 is 2.38 bits per heavy atom. The summed E-state index contributed by atoms with van der Waals surface area (Å²) in [5.41, 5.74) is 0.800. The number of alkyl halides is 3. The Morgan fingerprint density at radius 1 is 1.10 bits per heavy atom. The first-order valence-electron chi connectivity index (χ1n) is 13.4. The molecule has 2 fully saturated rings. The average Bonchev–Trinajstić information content (AvgIpc) is 3.19. The van der Waals surface area contributed by atoms with E-state index < -0.39 is 29.2 Å². The molecule has 0 bridgehead atoms. The highest BCUT2D eigenvalue weighted by Crippen LogP contribution is 2.49. The molecular formula is C32H36F3N3O2. The van der Waals surface area contributed by atoms with Crippen molar-refractivity contribution >= 4 is 11.9 Å². The highest BCUT2D eigenvalue weighted by molar-refractivity contribution is 5.87. The Morgan fingerprint density at radius 2 is 1.77 bits per heavy atom. The van der Waals surface area contributed by atoms with E-state index in [4.69, 9.17) is 0 Å². The van der Waals surface area contributed by atoms with Gasteiger partial charge in [-0.05, 0) is 55.0 Å². The summed E-state index contributed by atoms with van der Waals surface area (Å²) in [5.74, 6) is 0.0456. The van der Waals surface area contributed by atoms with Crippen molar-refractivity contribution in [1.82, 2.24) is 14.7 Å². The Bertz CT molecular complexity index is 1290. The maximum atomic E-state index is 14.2. The summed E-state index contributed by atoms with van der Waals surface area (Å²) in [6.07, 6.45) is 2.06. The molecule has 0 spiro atoms. The van der Waals surface area contributed by atoms with Crippen LogP contribution in [0.15, 0.2) is 86.5 Å². The number of carbonyl (C=O) groups is 2. The monoisotopic (exact) mass is 551 g/mol. The van der Waals surface area contributed by atoms with Gasteiger partial charge in [0.05, 0.1) is 29.1 Å². The molecular weight excluding hydrogens is 515 g/mol. The normalized spacial score (nSPS) is 21.0. The Kier molecular flexibility index (Phi) is 8.28. The van der Waals surface area contributed by atoms with Gasteiger partial charge < -0.3 is 14.7 Å². The van der Waals surface area contributed by atoms with Crippen LogP contribution in [-0.2, 0) is 11.0 Å². The molecule has 2 saturated heterocycles. The number of fused-ring (bicyclic) bond motifs is 1. The molecule has 212 valence electrons. The molecule has 40 heavy (non-hydrogen) atoms. The molecule has 8 heteroatoms. The Hall–Kier alpha value is -3.81. The van der Waals surface area contributed by atoms with Crippen molar-refractivity contribution in [2.75, 3.05) is 20.1 Å². The molecule has 4 rings (SSSR count). The number of rotatable bonds is 8. The third-order valence-electron chi connectivity index (χ3n) is 8.32. The zero-order chi connectivity index (χ0) is 29.2. The molecule has 2 aliphatic rings. The largest absolute Gasteiger partial charge is 0.416 e. The van der Waals surface area contributed by atoms with E-state index in [1.807, 2.05) is 36.1 Å². The van der Waals surface area contributed by atoms with E-state index in [0.29, 0.717) is 31.4 Å². The van der Waals surface area contributed by atoms with Gasteiger partial charge >= 0.3 is 12.2 Å². The number of hydrogen-bond acceptors (Lipinski definition) is 2. The van der Waals surface area contributed by atoms with Crippen molar-refractivity contribution in [1.29, 1.82) is 0 Å². The lowest BCUT2D eigenvalue weighted by Crippen LogP contribution is -2.57. The molecule has 0 N–H and O–H groups in total. The first-order chi connectivity index (χ1) is 19.0. The van der Waals surface area contributed by atoms with Crippen molar-refractivity contribution in [3.8, 4) is 0 Å². The maximum Gasteiger partial charge on any atom is 0.416 e. The van der Waals surface area contributed by atoms with Crippen LogP contribution in [0.1, 0.15) is 53.6 Å². The molecule has 0 unspecified atom stereocenters. The third kappa shape index (κ3) is 5.19. The number of allylic oxidation sites excluding steroid dienone is 2. The minimum atomic E-state index is -4.51. The van der Waals surface area contributed by atoms with Crippen LogP contribution < -0.4 is 0 Å². The lowest BCUT2D eigenvalue weighted by Gasteiger charge is -2.47. The second-order valence-electron chi connectivity index (χ2n) is 10.7. The highest BCUT2D eigenvalue weighted by atomic mass is 19.4. The van der Waals surface area contributed by atoms with Crippen LogP contribution in [0.5, 0.6) is 0 Å². The quantitative estimate of drug-likeness (QED) is 0.329. The second kappa shape index (κ2) is 11.4. The Balaban J connectivity index is 1.74. The minimum absolute atomic E-state index is 0.0456. The van der Waals surface area contributed by atoms with Gasteiger partial charge in [-0.2, -0.15) is 13.2 Å². The summed E-state index contributed by atoms with van der Waals surface area (Å²) in [6.45, 7) is 14.2. The first-order valence-corrected chi connectivity index (χ1v) is 13.4. The number of urea groups is 1. The van der Waals surface area contributed by atoms with Crippen molar-refractivity contribution in [2.24, 2.45) is 5.41 Å². The highest BCUT2D eigenvalue weighted by Gasteiger charge is 2.56.